The Bertz CT molecular complexity index is 740. The van der Waals surface area contributed by atoms with E-state index in [-0.39, 0.29) is 5.91 Å². The number of carbonyl (C=O) groups is 1. The zero-order valence-electron chi connectivity index (χ0n) is 10.8. The first-order valence-electron chi connectivity index (χ1n) is 6.15. The molecule has 0 atom stereocenters. The van der Waals surface area contributed by atoms with Gasteiger partial charge in [0, 0.05) is 29.0 Å². The number of halogens is 1. The van der Waals surface area contributed by atoms with Crippen molar-refractivity contribution in [3.63, 3.8) is 0 Å². The van der Waals surface area contributed by atoms with E-state index in [1.54, 1.807) is 29.7 Å². The molecule has 0 bridgehead atoms. The topological polar surface area (TPSA) is 54.9 Å². The summed E-state index contributed by atoms with van der Waals surface area (Å²) in [4.78, 5) is 19.6. The lowest BCUT2D eigenvalue weighted by atomic mass is 10.2. The molecule has 2 aromatic heterocycles. The van der Waals surface area contributed by atoms with E-state index < -0.39 is 5.95 Å². The molecule has 3 aromatic rings. The van der Waals surface area contributed by atoms with E-state index in [4.69, 9.17) is 0 Å². The van der Waals surface area contributed by atoms with E-state index in [0.29, 0.717) is 11.3 Å². The maximum absolute atomic E-state index is 12.7. The summed E-state index contributed by atoms with van der Waals surface area (Å²) in [5.41, 5.74) is 1.96. The van der Waals surface area contributed by atoms with Crippen molar-refractivity contribution in [3.05, 3.63) is 65.7 Å². The Morgan fingerprint density at radius 1 is 1.10 bits per heavy atom. The third kappa shape index (κ3) is 3.11. The summed E-state index contributed by atoms with van der Waals surface area (Å²) < 4.78 is 12.7. The summed E-state index contributed by atoms with van der Waals surface area (Å²) >= 11 is 1.55. The van der Waals surface area contributed by atoms with Gasteiger partial charge < -0.3 is 5.32 Å². The minimum absolute atomic E-state index is 0.306. The summed E-state index contributed by atoms with van der Waals surface area (Å²) in [7, 11) is 0. The van der Waals surface area contributed by atoms with Crippen molar-refractivity contribution in [2.75, 3.05) is 5.32 Å². The number of nitrogens with zero attached hydrogens (tertiary/aromatic N) is 2. The molecule has 0 saturated carbocycles. The lowest BCUT2D eigenvalue weighted by Gasteiger charge is -2.05. The molecule has 2 heterocycles. The molecule has 0 aliphatic heterocycles. The van der Waals surface area contributed by atoms with Crippen LogP contribution in [0.3, 0.4) is 0 Å². The van der Waals surface area contributed by atoms with Gasteiger partial charge >= 0.3 is 0 Å². The zero-order chi connectivity index (χ0) is 14.7. The number of benzene rings is 1. The molecular weight excluding hydrogens is 289 g/mol. The van der Waals surface area contributed by atoms with E-state index in [1.165, 1.54) is 12.3 Å². The van der Waals surface area contributed by atoms with Crippen molar-refractivity contribution in [3.8, 4) is 10.6 Å². The minimum atomic E-state index is -0.612. The Hall–Kier alpha value is -2.60. The Morgan fingerprint density at radius 2 is 1.90 bits per heavy atom. The molecule has 0 saturated heterocycles. The van der Waals surface area contributed by atoms with Gasteiger partial charge in [0.05, 0.1) is 5.56 Å². The van der Waals surface area contributed by atoms with Gasteiger partial charge in [-0.25, -0.2) is 9.97 Å². The summed E-state index contributed by atoms with van der Waals surface area (Å²) in [5, 5.41) is 5.57. The first-order chi connectivity index (χ1) is 10.2. The first kappa shape index (κ1) is 13.4. The van der Waals surface area contributed by atoms with Gasteiger partial charge in [0.2, 0.25) is 5.95 Å². The Kier molecular flexibility index (Phi) is 3.70. The molecule has 0 radical (unpaired) electrons. The number of aromatic nitrogens is 2. The van der Waals surface area contributed by atoms with Crippen LogP contribution in [0.5, 0.6) is 0 Å². The smallest absolute Gasteiger partial charge is 0.257 e. The van der Waals surface area contributed by atoms with Crippen molar-refractivity contribution in [2.24, 2.45) is 0 Å². The molecule has 1 amide bonds. The lowest BCUT2D eigenvalue weighted by Crippen LogP contribution is -2.12. The number of hydrogen-bond acceptors (Lipinski definition) is 4. The normalized spacial score (nSPS) is 10.3. The monoisotopic (exact) mass is 299 g/mol. The Labute approximate surface area is 124 Å². The maximum atomic E-state index is 12.7. The molecule has 104 valence electrons. The van der Waals surface area contributed by atoms with Crippen LogP contribution in [0.2, 0.25) is 0 Å². The van der Waals surface area contributed by atoms with Gasteiger partial charge in [-0.05, 0) is 36.4 Å². The number of thiazole rings is 1. The third-order valence-corrected chi connectivity index (χ3v) is 3.63. The maximum Gasteiger partial charge on any atom is 0.257 e. The van der Waals surface area contributed by atoms with E-state index in [2.05, 4.69) is 15.3 Å². The van der Waals surface area contributed by atoms with Crippen LogP contribution >= 0.6 is 11.3 Å². The number of pyridine rings is 1. The summed E-state index contributed by atoms with van der Waals surface area (Å²) in [6, 6.07) is 9.91. The number of nitrogens with one attached hydrogen (secondary N) is 1. The number of anilines is 1. The van der Waals surface area contributed by atoms with Gasteiger partial charge in [-0.1, -0.05) is 0 Å². The fraction of sp³-hybridized carbons (Fsp3) is 0. The summed E-state index contributed by atoms with van der Waals surface area (Å²) in [6.07, 6.45) is 2.95. The molecule has 0 spiro atoms. The molecule has 6 heteroatoms. The van der Waals surface area contributed by atoms with Crippen LogP contribution in [0.15, 0.2) is 54.2 Å². The van der Waals surface area contributed by atoms with Crippen LogP contribution in [-0.4, -0.2) is 15.9 Å². The largest absolute Gasteiger partial charge is 0.322 e. The molecule has 0 aliphatic carbocycles. The van der Waals surface area contributed by atoms with Crippen molar-refractivity contribution in [1.29, 1.82) is 0 Å². The predicted molar refractivity (Wildman–Crippen MR) is 79.7 cm³/mol. The van der Waals surface area contributed by atoms with E-state index in [9.17, 15) is 9.18 Å². The zero-order valence-corrected chi connectivity index (χ0v) is 11.6. The number of carbonyl (C=O) groups excluding carboxylic acids is 1. The lowest BCUT2D eigenvalue weighted by molar-refractivity contribution is 0.102. The number of rotatable bonds is 3. The molecule has 0 unspecified atom stereocenters. The molecule has 0 aliphatic rings. The Balaban J connectivity index is 1.73. The van der Waals surface area contributed by atoms with Crippen LogP contribution in [0.4, 0.5) is 10.1 Å². The number of amides is 1. The second kappa shape index (κ2) is 5.80. The molecule has 0 fully saturated rings. The van der Waals surface area contributed by atoms with Crippen molar-refractivity contribution >= 4 is 22.9 Å². The highest BCUT2D eigenvalue weighted by atomic mass is 32.1. The van der Waals surface area contributed by atoms with Crippen molar-refractivity contribution in [1.82, 2.24) is 9.97 Å². The van der Waals surface area contributed by atoms with Crippen molar-refractivity contribution in [2.45, 2.75) is 0 Å². The molecule has 21 heavy (non-hydrogen) atoms. The second-order valence-corrected chi connectivity index (χ2v) is 5.13. The fourth-order valence-corrected chi connectivity index (χ4v) is 2.42. The van der Waals surface area contributed by atoms with Crippen molar-refractivity contribution < 1.29 is 9.18 Å². The highest BCUT2D eigenvalue weighted by Crippen LogP contribution is 2.23. The van der Waals surface area contributed by atoms with E-state index in [1.807, 2.05) is 17.5 Å². The van der Waals surface area contributed by atoms with Crippen LogP contribution in [0.1, 0.15) is 10.4 Å². The standard InChI is InChI=1S/C15H10FN3OS/c16-13-6-3-11(9-18-13)14(20)19-12-4-1-10(2-5-12)15-17-7-8-21-15/h1-9H,(H,19,20). The fourth-order valence-electron chi connectivity index (χ4n) is 1.78. The van der Waals surface area contributed by atoms with Gasteiger partial charge in [-0.2, -0.15) is 4.39 Å². The Morgan fingerprint density at radius 3 is 2.52 bits per heavy atom. The van der Waals surface area contributed by atoms with Gasteiger partial charge in [0.1, 0.15) is 5.01 Å². The van der Waals surface area contributed by atoms with Crippen LogP contribution in [0.25, 0.3) is 10.6 Å². The van der Waals surface area contributed by atoms with Gasteiger partial charge in [-0.15, -0.1) is 11.3 Å². The van der Waals surface area contributed by atoms with E-state index >= 15 is 0 Å². The quantitative estimate of drug-likeness (QED) is 0.752. The molecule has 4 nitrogen and oxygen atoms in total. The van der Waals surface area contributed by atoms with Crippen LogP contribution < -0.4 is 5.32 Å². The summed E-state index contributed by atoms with van der Waals surface area (Å²) in [6.45, 7) is 0. The highest BCUT2D eigenvalue weighted by molar-refractivity contribution is 7.13. The third-order valence-electron chi connectivity index (χ3n) is 2.81. The average molecular weight is 299 g/mol. The van der Waals surface area contributed by atoms with Gasteiger partial charge in [-0.3, -0.25) is 4.79 Å². The molecule has 3 rings (SSSR count). The highest BCUT2D eigenvalue weighted by Gasteiger charge is 2.07. The van der Waals surface area contributed by atoms with Crippen LogP contribution in [-0.2, 0) is 0 Å². The molecule has 1 aromatic carbocycles. The first-order valence-corrected chi connectivity index (χ1v) is 7.03. The number of hydrogen-bond donors (Lipinski definition) is 1. The van der Waals surface area contributed by atoms with E-state index in [0.717, 1.165) is 16.6 Å². The van der Waals surface area contributed by atoms with Gasteiger partial charge in [0.25, 0.3) is 5.91 Å². The van der Waals surface area contributed by atoms with Gasteiger partial charge in [0.15, 0.2) is 0 Å². The predicted octanol–water partition coefficient (Wildman–Crippen LogP) is 3.60. The van der Waals surface area contributed by atoms with Crippen LogP contribution in [0, 0.1) is 5.95 Å². The minimum Gasteiger partial charge on any atom is -0.322 e. The summed E-state index contributed by atoms with van der Waals surface area (Å²) in [5.74, 6) is -0.941. The SMILES string of the molecule is O=C(Nc1ccc(-c2nccs2)cc1)c1ccc(F)nc1. The second-order valence-electron chi connectivity index (χ2n) is 4.24. The average Bonchev–Trinajstić information content (AvgIpc) is 3.03. The molecule has 1 N–H and O–H groups in total. The molecular formula is C15H10FN3OS.